The van der Waals surface area contributed by atoms with Crippen molar-refractivity contribution in [1.29, 1.82) is 0 Å². The van der Waals surface area contributed by atoms with Gasteiger partial charge in [-0.25, -0.2) is 4.98 Å². The quantitative estimate of drug-likeness (QED) is 0.488. The second-order valence-corrected chi connectivity index (χ2v) is 7.60. The first kappa shape index (κ1) is 18.8. The van der Waals surface area contributed by atoms with Crippen LogP contribution in [0.15, 0.2) is 53.4 Å². The highest BCUT2D eigenvalue weighted by atomic mass is 32.1. The first-order valence-corrected chi connectivity index (χ1v) is 9.63. The van der Waals surface area contributed by atoms with Crippen LogP contribution in [-0.2, 0) is 6.54 Å². The van der Waals surface area contributed by atoms with Crippen LogP contribution in [0.25, 0.3) is 11.3 Å². The van der Waals surface area contributed by atoms with Crippen LogP contribution in [0.3, 0.4) is 0 Å². The molecule has 0 saturated heterocycles. The third-order valence-electron chi connectivity index (χ3n) is 4.15. The number of hydrogen-bond donors (Lipinski definition) is 1. The molecule has 4 rings (SSSR count). The third-order valence-corrected chi connectivity index (χ3v) is 5.32. The fraction of sp³-hybridized carbons (Fsp3) is 0.150. The Balaban J connectivity index is 1.47. The topological polar surface area (TPSA) is 103 Å². The minimum absolute atomic E-state index is 0.0275. The van der Waals surface area contributed by atoms with Crippen molar-refractivity contribution in [2.24, 2.45) is 0 Å². The van der Waals surface area contributed by atoms with Crippen LogP contribution < -0.4 is 5.32 Å². The average molecular weight is 407 g/mol. The summed E-state index contributed by atoms with van der Waals surface area (Å²) in [6.07, 6.45) is 2.71. The van der Waals surface area contributed by atoms with Gasteiger partial charge >= 0.3 is 0 Å². The molecule has 0 saturated carbocycles. The number of carbonyl (C=O) groups excluding carboxylic acids is 2. The smallest absolute Gasteiger partial charge is 0.279 e. The van der Waals surface area contributed by atoms with Crippen molar-refractivity contribution in [1.82, 2.24) is 20.0 Å². The van der Waals surface area contributed by atoms with Gasteiger partial charge in [0.05, 0.1) is 17.6 Å². The van der Waals surface area contributed by atoms with Gasteiger partial charge in [0.2, 0.25) is 0 Å². The summed E-state index contributed by atoms with van der Waals surface area (Å²) in [7, 11) is 0. The molecule has 0 aliphatic rings. The summed E-state index contributed by atoms with van der Waals surface area (Å²) in [5.41, 5.74) is 2.00. The number of aryl methyl sites for hydroxylation is 1. The lowest BCUT2D eigenvalue weighted by Crippen LogP contribution is -2.14. The number of amides is 1. The second-order valence-electron chi connectivity index (χ2n) is 6.44. The van der Waals surface area contributed by atoms with Crippen molar-refractivity contribution in [2.45, 2.75) is 20.4 Å². The number of thiophene rings is 1. The Hall–Kier alpha value is -3.59. The maximum Gasteiger partial charge on any atom is 0.279 e. The Morgan fingerprint density at radius 3 is 2.86 bits per heavy atom. The summed E-state index contributed by atoms with van der Waals surface area (Å²) in [5.74, 6) is 0.294. The summed E-state index contributed by atoms with van der Waals surface area (Å²) in [4.78, 5) is 31.2. The van der Waals surface area contributed by atoms with Crippen molar-refractivity contribution in [3.8, 4) is 11.3 Å². The van der Waals surface area contributed by atoms with E-state index in [0.29, 0.717) is 23.0 Å². The molecule has 29 heavy (non-hydrogen) atoms. The number of anilines is 1. The number of oxazole rings is 1. The molecule has 0 spiro atoms. The van der Waals surface area contributed by atoms with Crippen molar-refractivity contribution in [3.05, 3.63) is 70.0 Å². The fourth-order valence-corrected chi connectivity index (χ4v) is 3.68. The minimum Gasteiger partial charge on any atom is -0.443 e. The van der Waals surface area contributed by atoms with Gasteiger partial charge in [-0.05, 0) is 32.0 Å². The maximum absolute atomic E-state index is 12.7. The number of rotatable bonds is 6. The summed E-state index contributed by atoms with van der Waals surface area (Å²) in [6, 6.07) is 11.3. The monoisotopic (exact) mass is 407 g/mol. The lowest BCUT2D eigenvalue weighted by molar-refractivity contribution is 0.101. The molecule has 0 aliphatic carbocycles. The standard InChI is InChI=1S/C20H17N5O3S/c1-12-4-3-5-14(8-12)19-18(21-11-28-19)20(27)23-17-9-22-25(24-17)10-15-6-7-16(29-15)13(2)26/h3-9,11H,10H2,1-2H3,(H,23,24,27). The Morgan fingerprint density at radius 1 is 1.24 bits per heavy atom. The molecule has 0 fully saturated rings. The van der Waals surface area contributed by atoms with E-state index in [1.165, 1.54) is 35.6 Å². The number of nitrogens with one attached hydrogen (secondary N) is 1. The molecule has 8 nitrogen and oxygen atoms in total. The van der Waals surface area contributed by atoms with Crippen LogP contribution >= 0.6 is 11.3 Å². The minimum atomic E-state index is -0.433. The number of benzene rings is 1. The van der Waals surface area contributed by atoms with Gasteiger partial charge < -0.3 is 9.73 Å². The summed E-state index contributed by atoms with van der Waals surface area (Å²) in [6.45, 7) is 3.90. The first-order chi connectivity index (χ1) is 14.0. The molecule has 9 heteroatoms. The van der Waals surface area contributed by atoms with E-state index in [1.54, 1.807) is 6.07 Å². The highest BCUT2D eigenvalue weighted by Crippen LogP contribution is 2.24. The molecule has 0 bridgehead atoms. The van der Waals surface area contributed by atoms with Gasteiger partial charge in [0, 0.05) is 10.4 Å². The van der Waals surface area contributed by atoms with Gasteiger partial charge in [0.25, 0.3) is 5.91 Å². The predicted molar refractivity (Wildman–Crippen MR) is 108 cm³/mol. The van der Waals surface area contributed by atoms with Gasteiger partial charge in [-0.15, -0.1) is 16.4 Å². The van der Waals surface area contributed by atoms with Gasteiger partial charge in [-0.3, -0.25) is 9.59 Å². The van der Waals surface area contributed by atoms with Crippen molar-refractivity contribution < 1.29 is 14.0 Å². The predicted octanol–water partition coefficient (Wildman–Crippen LogP) is 3.81. The second kappa shape index (κ2) is 7.80. The largest absolute Gasteiger partial charge is 0.443 e. The zero-order valence-corrected chi connectivity index (χ0v) is 16.6. The van der Waals surface area contributed by atoms with E-state index in [0.717, 1.165) is 16.0 Å². The number of nitrogens with zero attached hydrogens (tertiary/aromatic N) is 4. The van der Waals surface area contributed by atoms with E-state index in [9.17, 15) is 9.59 Å². The molecule has 1 aromatic carbocycles. The normalized spacial score (nSPS) is 10.8. The Labute approximate surface area is 170 Å². The molecule has 0 unspecified atom stereocenters. The average Bonchev–Trinajstić information content (AvgIpc) is 3.42. The third kappa shape index (κ3) is 4.14. The highest BCUT2D eigenvalue weighted by Gasteiger charge is 2.19. The van der Waals surface area contributed by atoms with Crippen LogP contribution in [0, 0.1) is 6.92 Å². The van der Waals surface area contributed by atoms with Crippen molar-refractivity contribution >= 4 is 28.8 Å². The molecule has 3 heterocycles. The Kier molecular flexibility index (Phi) is 5.05. The molecule has 1 amide bonds. The molecule has 146 valence electrons. The van der Waals surface area contributed by atoms with E-state index in [1.807, 2.05) is 37.3 Å². The molecule has 3 aromatic heterocycles. The number of Topliss-reactive ketones (excluding diaryl/α,β-unsaturated/α-hetero) is 1. The number of aromatic nitrogens is 4. The number of carbonyl (C=O) groups is 2. The molecule has 4 aromatic rings. The molecular formula is C20H17N5O3S. The zero-order valence-electron chi connectivity index (χ0n) is 15.7. The molecule has 0 radical (unpaired) electrons. The van der Waals surface area contributed by atoms with Crippen LogP contribution in [0.1, 0.15) is 37.5 Å². The summed E-state index contributed by atoms with van der Waals surface area (Å²) in [5, 5.41) is 11.1. The fourth-order valence-electron chi connectivity index (χ4n) is 2.80. The Morgan fingerprint density at radius 2 is 2.10 bits per heavy atom. The first-order valence-electron chi connectivity index (χ1n) is 8.81. The lowest BCUT2D eigenvalue weighted by atomic mass is 10.1. The molecular weight excluding hydrogens is 390 g/mol. The van der Waals surface area contributed by atoms with Crippen molar-refractivity contribution in [3.63, 3.8) is 0 Å². The summed E-state index contributed by atoms with van der Waals surface area (Å²) < 4.78 is 5.43. The molecule has 0 aliphatic heterocycles. The van der Waals surface area contributed by atoms with Crippen LogP contribution in [0.5, 0.6) is 0 Å². The van der Waals surface area contributed by atoms with E-state index in [4.69, 9.17) is 4.42 Å². The molecule has 0 atom stereocenters. The van der Waals surface area contributed by atoms with Gasteiger partial charge in [0.1, 0.15) is 0 Å². The van der Waals surface area contributed by atoms with E-state index in [2.05, 4.69) is 20.5 Å². The van der Waals surface area contributed by atoms with Crippen LogP contribution in [0.2, 0.25) is 0 Å². The summed E-state index contributed by atoms with van der Waals surface area (Å²) >= 11 is 1.40. The van der Waals surface area contributed by atoms with Gasteiger partial charge in [0.15, 0.2) is 29.4 Å². The van der Waals surface area contributed by atoms with Crippen LogP contribution in [0.4, 0.5) is 5.82 Å². The van der Waals surface area contributed by atoms with Crippen molar-refractivity contribution in [2.75, 3.05) is 5.32 Å². The van der Waals surface area contributed by atoms with Gasteiger partial charge in [-0.1, -0.05) is 23.8 Å². The zero-order chi connectivity index (χ0) is 20.4. The van der Waals surface area contributed by atoms with Crippen LogP contribution in [-0.4, -0.2) is 31.7 Å². The lowest BCUT2D eigenvalue weighted by Gasteiger charge is -2.02. The van der Waals surface area contributed by atoms with E-state index < -0.39 is 5.91 Å². The maximum atomic E-state index is 12.7. The Bertz CT molecular complexity index is 1190. The number of hydrogen-bond acceptors (Lipinski definition) is 7. The van der Waals surface area contributed by atoms with E-state index >= 15 is 0 Å². The highest BCUT2D eigenvalue weighted by molar-refractivity contribution is 7.14. The van der Waals surface area contributed by atoms with E-state index in [-0.39, 0.29) is 11.5 Å². The molecule has 1 N–H and O–H groups in total. The number of ketones is 1. The SMILES string of the molecule is CC(=O)c1ccc(Cn2ncc(NC(=O)c3ncoc3-c3cccc(C)c3)n2)s1. The van der Waals surface area contributed by atoms with Gasteiger partial charge in [-0.2, -0.15) is 9.90 Å².